The molecule has 0 saturated heterocycles. The highest BCUT2D eigenvalue weighted by atomic mass is 79.9. The monoisotopic (exact) mass is 521 g/mol. The Bertz CT molecular complexity index is 1060. The lowest BCUT2D eigenvalue weighted by atomic mass is 9.83. The fourth-order valence-corrected chi connectivity index (χ4v) is 4.04. The average molecular weight is 523 g/mol. The molecule has 2 aromatic rings. The summed E-state index contributed by atoms with van der Waals surface area (Å²) < 4.78 is 15.6. The van der Waals surface area contributed by atoms with E-state index in [-0.39, 0.29) is 22.6 Å². The fourth-order valence-electron chi connectivity index (χ4n) is 3.46. The summed E-state index contributed by atoms with van der Waals surface area (Å²) >= 11 is 9.26. The van der Waals surface area contributed by atoms with Crippen molar-refractivity contribution in [2.24, 2.45) is 0 Å². The second kappa shape index (κ2) is 10.1. The Balaban J connectivity index is 2.13. The molecule has 168 valence electrons. The number of aromatic hydroxyl groups is 1. The van der Waals surface area contributed by atoms with Crippen molar-refractivity contribution in [3.8, 4) is 11.5 Å². The number of nitrogens with zero attached hydrogens (tertiary/aromatic N) is 1. The molecule has 9 heteroatoms. The summed E-state index contributed by atoms with van der Waals surface area (Å²) in [6.45, 7) is 0.382. The second-order valence-corrected chi connectivity index (χ2v) is 8.23. The molecule has 0 atom stereocenters. The standard InChI is InChI=1S/C23H21BrClNO6/c1-30-19-9-14(8-18(24)21(19)27)20-16(22(28)31-2)11-26(12-17(20)23(29)32-3)10-13-4-6-15(25)7-5-13/h4-9,11-12,20,27H,10H2,1-3H3. The molecule has 1 heterocycles. The third-order valence-corrected chi connectivity index (χ3v) is 5.81. The molecule has 7 nitrogen and oxygen atoms in total. The summed E-state index contributed by atoms with van der Waals surface area (Å²) in [6.07, 6.45) is 3.26. The Kier molecular flexibility index (Phi) is 7.48. The number of carbonyl (C=O) groups excluding carboxylic acids is 2. The fraction of sp³-hybridized carbons (Fsp3) is 0.217. The van der Waals surface area contributed by atoms with E-state index in [9.17, 15) is 14.7 Å². The van der Waals surface area contributed by atoms with Gasteiger partial charge in [-0.2, -0.15) is 0 Å². The average Bonchev–Trinajstić information content (AvgIpc) is 2.80. The van der Waals surface area contributed by atoms with E-state index in [1.165, 1.54) is 21.3 Å². The number of rotatable bonds is 6. The van der Waals surface area contributed by atoms with Crippen molar-refractivity contribution in [2.75, 3.05) is 21.3 Å². The number of hydrogen-bond acceptors (Lipinski definition) is 7. The van der Waals surface area contributed by atoms with Gasteiger partial charge >= 0.3 is 11.9 Å². The van der Waals surface area contributed by atoms with E-state index in [1.807, 2.05) is 12.1 Å². The molecule has 1 N–H and O–H groups in total. The van der Waals surface area contributed by atoms with Gasteiger partial charge in [-0.15, -0.1) is 0 Å². The lowest BCUT2D eigenvalue weighted by Crippen LogP contribution is -2.28. The van der Waals surface area contributed by atoms with E-state index in [2.05, 4.69) is 15.9 Å². The topological polar surface area (TPSA) is 85.3 Å². The zero-order valence-electron chi connectivity index (χ0n) is 17.6. The summed E-state index contributed by atoms with van der Waals surface area (Å²) in [6, 6.07) is 10.4. The van der Waals surface area contributed by atoms with Gasteiger partial charge in [-0.05, 0) is 51.3 Å². The first-order chi connectivity index (χ1) is 15.3. The largest absolute Gasteiger partial charge is 0.503 e. The van der Waals surface area contributed by atoms with Crippen LogP contribution in [0.5, 0.6) is 11.5 Å². The molecule has 0 unspecified atom stereocenters. The molecule has 1 aliphatic rings. The van der Waals surface area contributed by atoms with Gasteiger partial charge in [0.05, 0.1) is 42.9 Å². The van der Waals surface area contributed by atoms with Crippen LogP contribution < -0.4 is 4.74 Å². The predicted octanol–water partition coefficient (Wildman–Crippen LogP) is 4.53. The molecular weight excluding hydrogens is 502 g/mol. The molecule has 0 fully saturated rings. The second-order valence-electron chi connectivity index (χ2n) is 6.94. The van der Waals surface area contributed by atoms with Gasteiger partial charge in [-0.25, -0.2) is 9.59 Å². The molecule has 3 rings (SSSR count). The zero-order chi connectivity index (χ0) is 23.4. The number of methoxy groups -OCH3 is 3. The van der Waals surface area contributed by atoms with Crippen LogP contribution in [0.25, 0.3) is 0 Å². The number of esters is 2. The highest BCUT2D eigenvalue weighted by Crippen LogP contribution is 2.43. The first kappa shape index (κ1) is 23.7. The summed E-state index contributed by atoms with van der Waals surface area (Å²) in [5.74, 6) is -1.92. The summed E-state index contributed by atoms with van der Waals surface area (Å²) in [4.78, 5) is 27.2. The van der Waals surface area contributed by atoms with Crippen molar-refractivity contribution in [1.82, 2.24) is 4.90 Å². The van der Waals surface area contributed by atoms with E-state index in [4.69, 9.17) is 25.8 Å². The molecule has 0 aromatic heterocycles. The Labute approximate surface area is 199 Å². The Hall–Kier alpha value is -2.97. The maximum atomic E-state index is 12.7. The minimum Gasteiger partial charge on any atom is -0.503 e. The minimum atomic E-state index is -0.804. The number of halogens is 2. The Morgan fingerprint density at radius 2 is 1.59 bits per heavy atom. The molecule has 0 aliphatic carbocycles. The van der Waals surface area contributed by atoms with Gasteiger partial charge in [0.2, 0.25) is 0 Å². The van der Waals surface area contributed by atoms with Crippen molar-refractivity contribution in [1.29, 1.82) is 0 Å². The van der Waals surface area contributed by atoms with Crippen LogP contribution >= 0.6 is 27.5 Å². The van der Waals surface area contributed by atoms with Crippen LogP contribution in [0.2, 0.25) is 5.02 Å². The van der Waals surface area contributed by atoms with Gasteiger partial charge < -0.3 is 24.2 Å². The van der Waals surface area contributed by atoms with Gasteiger partial charge in [-0.1, -0.05) is 23.7 Å². The van der Waals surface area contributed by atoms with Gasteiger partial charge in [0.15, 0.2) is 11.5 Å². The summed E-state index contributed by atoms with van der Waals surface area (Å²) in [7, 11) is 3.95. The lowest BCUT2D eigenvalue weighted by molar-refractivity contribution is -0.137. The molecule has 32 heavy (non-hydrogen) atoms. The van der Waals surface area contributed by atoms with E-state index in [0.717, 1.165) is 5.56 Å². The maximum absolute atomic E-state index is 12.7. The highest BCUT2D eigenvalue weighted by Gasteiger charge is 2.36. The number of hydrogen-bond donors (Lipinski definition) is 1. The molecule has 0 bridgehead atoms. The number of phenolic OH excluding ortho intramolecular Hbond substituents is 1. The molecule has 0 amide bonds. The Morgan fingerprint density at radius 3 is 2.09 bits per heavy atom. The number of ether oxygens (including phenoxy) is 3. The van der Waals surface area contributed by atoms with Gasteiger partial charge in [0.25, 0.3) is 0 Å². The number of carbonyl (C=O) groups is 2. The van der Waals surface area contributed by atoms with Crippen molar-refractivity contribution >= 4 is 39.5 Å². The number of phenols is 1. The van der Waals surface area contributed by atoms with E-state index in [0.29, 0.717) is 21.6 Å². The van der Waals surface area contributed by atoms with Crippen LogP contribution in [-0.2, 0) is 25.6 Å². The minimum absolute atomic E-state index is 0.0939. The quantitative estimate of drug-likeness (QED) is 0.558. The Morgan fingerprint density at radius 1 is 1.03 bits per heavy atom. The van der Waals surface area contributed by atoms with Crippen molar-refractivity contribution < 1.29 is 28.9 Å². The first-order valence-corrected chi connectivity index (χ1v) is 10.6. The van der Waals surface area contributed by atoms with Crippen LogP contribution in [0.1, 0.15) is 17.0 Å². The molecular formula is C23H21BrClNO6. The third kappa shape index (κ3) is 4.92. The van der Waals surface area contributed by atoms with Gasteiger partial charge in [0.1, 0.15) is 0 Å². The molecule has 2 aromatic carbocycles. The SMILES string of the molecule is COC(=O)C1=CN(Cc2ccc(Cl)cc2)C=C(C(=O)OC)C1c1cc(Br)c(O)c(OC)c1. The smallest absolute Gasteiger partial charge is 0.336 e. The van der Waals surface area contributed by atoms with E-state index < -0.39 is 17.9 Å². The predicted molar refractivity (Wildman–Crippen MR) is 122 cm³/mol. The zero-order valence-corrected chi connectivity index (χ0v) is 19.9. The van der Waals surface area contributed by atoms with Crippen molar-refractivity contribution in [2.45, 2.75) is 12.5 Å². The highest BCUT2D eigenvalue weighted by molar-refractivity contribution is 9.10. The third-order valence-electron chi connectivity index (χ3n) is 4.96. The molecule has 0 saturated carbocycles. The van der Waals surface area contributed by atoms with Crippen LogP contribution in [0.3, 0.4) is 0 Å². The van der Waals surface area contributed by atoms with E-state index in [1.54, 1.807) is 41.6 Å². The van der Waals surface area contributed by atoms with Crippen molar-refractivity contribution in [3.05, 3.63) is 80.6 Å². The maximum Gasteiger partial charge on any atom is 0.336 e. The van der Waals surface area contributed by atoms with Crippen LogP contribution in [0.4, 0.5) is 0 Å². The lowest BCUT2D eigenvalue weighted by Gasteiger charge is -2.30. The summed E-state index contributed by atoms with van der Waals surface area (Å²) in [5.41, 5.74) is 1.90. The molecule has 0 spiro atoms. The van der Waals surface area contributed by atoms with Crippen LogP contribution in [-0.4, -0.2) is 43.3 Å². The van der Waals surface area contributed by atoms with Gasteiger partial charge in [0, 0.05) is 24.0 Å². The van der Waals surface area contributed by atoms with Gasteiger partial charge in [-0.3, -0.25) is 0 Å². The van der Waals surface area contributed by atoms with Crippen LogP contribution in [0, 0.1) is 0 Å². The number of benzene rings is 2. The molecule has 1 aliphatic heterocycles. The normalized spacial score (nSPS) is 13.8. The first-order valence-electron chi connectivity index (χ1n) is 9.45. The van der Waals surface area contributed by atoms with E-state index >= 15 is 0 Å². The van der Waals surface area contributed by atoms with Crippen molar-refractivity contribution in [3.63, 3.8) is 0 Å². The summed E-state index contributed by atoms with van der Waals surface area (Å²) in [5, 5.41) is 10.8. The van der Waals surface area contributed by atoms with Crippen LogP contribution in [0.15, 0.2) is 64.4 Å². The molecule has 0 radical (unpaired) electrons.